The SMILES string of the molecule is COCCCC(NN)c1occc1Br. The first kappa shape index (κ1) is 11.7. The zero-order valence-corrected chi connectivity index (χ0v) is 9.71. The summed E-state index contributed by atoms with van der Waals surface area (Å²) in [4.78, 5) is 0. The summed E-state index contributed by atoms with van der Waals surface area (Å²) in [6, 6.07) is 1.89. The number of hydrazine groups is 1. The van der Waals surface area contributed by atoms with Crippen molar-refractivity contribution in [2.75, 3.05) is 13.7 Å². The van der Waals surface area contributed by atoms with Crippen LogP contribution in [0.3, 0.4) is 0 Å². The highest BCUT2D eigenvalue weighted by molar-refractivity contribution is 9.10. The van der Waals surface area contributed by atoms with Crippen LogP contribution >= 0.6 is 15.9 Å². The predicted octanol–water partition coefficient (Wildman–Crippen LogP) is 1.97. The number of halogens is 1. The van der Waals surface area contributed by atoms with Gasteiger partial charge in [-0.25, -0.2) is 5.43 Å². The van der Waals surface area contributed by atoms with Crippen LogP contribution in [0.2, 0.25) is 0 Å². The van der Waals surface area contributed by atoms with Crippen LogP contribution < -0.4 is 11.3 Å². The Morgan fingerprint density at radius 1 is 1.71 bits per heavy atom. The minimum atomic E-state index is 0.0366. The lowest BCUT2D eigenvalue weighted by atomic mass is 10.1. The van der Waals surface area contributed by atoms with Gasteiger partial charge in [-0.15, -0.1) is 0 Å². The Kier molecular flexibility index (Phi) is 5.17. The van der Waals surface area contributed by atoms with Crippen LogP contribution in [0.25, 0.3) is 0 Å². The maximum absolute atomic E-state index is 5.44. The van der Waals surface area contributed by atoms with E-state index in [0.717, 1.165) is 29.7 Å². The first-order chi connectivity index (χ1) is 6.79. The predicted molar refractivity (Wildman–Crippen MR) is 57.6 cm³/mol. The molecule has 0 saturated carbocycles. The number of furan rings is 1. The van der Waals surface area contributed by atoms with Gasteiger partial charge in [0, 0.05) is 13.7 Å². The molecular weight excluding hydrogens is 248 g/mol. The smallest absolute Gasteiger partial charge is 0.136 e. The lowest BCUT2D eigenvalue weighted by molar-refractivity contribution is 0.187. The van der Waals surface area contributed by atoms with Crippen molar-refractivity contribution in [1.82, 2.24) is 5.43 Å². The summed E-state index contributed by atoms with van der Waals surface area (Å²) in [5.41, 5.74) is 2.72. The summed E-state index contributed by atoms with van der Waals surface area (Å²) in [6.07, 6.45) is 3.47. The van der Waals surface area contributed by atoms with Gasteiger partial charge in [-0.05, 0) is 34.8 Å². The Balaban J connectivity index is 2.50. The summed E-state index contributed by atoms with van der Waals surface area (Å²) in [7, 11) is 1.69. The lowest BCUT2D eigenvalue weighted by Crippen LogP contribution is -2.28. The van der Waals surface area contributed by atoms with Gasteiger partial charge in [0.2, 0.25) is 0 Å². The van der Waals surface area contributed by atoms with Crippen molar-refractivity contribution in [3.63, 3.8) is 0 Å². The second-order valence-corrected chi connectivity index (χ2v) is 3.84. The van der Waals surface area contributed by atoms with Crippen molar-refractivity contribution < 1.29 is 9.15 Å². The molecule has 0 aliphatic heterocycles. The maximum Gasteiger partial charge on any atom is 0.136 e. The van der Waals surface area contributed by atoms with Crippen LogP contribution in [0.4, 0.5) is 0 Å². The molecule has 5 heteroatoms. The molecule has 0 saturated heterocycles. The van der Waals surface area contributed by atoms with E-state index in [1.165, 1.54) is 0 Å². The van der Waals surface area contributed by atoms with Crippen molar-refractivity contribution >= 4 is 15.9 Å². The first-order valence-electron chi connectivity index (χ1n) is 4.47. The molecule has 0 spiro atoms. The van der Waals surface area contributed by atoms with E-state index in [2.05, 4.69) is 21.4 Å². The number of hydrogen-bond acceptors (Lipinski definition) is 4. The van der Waals surface area contributed by atoms with E-state index in [0.29, 0.717) is 0 Å². The molecule has 0 bridgehead atoms. The second-order valence-electron chi connectivity index (χ2n) is 2.99. The quantitative estimate of drug-likeness (QED) is 0.468. The highest BCUT2D eigenvalue weighted by atomic mass is 79.9. The molecule has 0 amide bonds. The second kappa shape index (κ2) is 6.19. The molecule has 4 nitrogen and oxygen atoms in total. The van der Waals surface area contributed by atoms with Gasteiger partial charge in [0.15, 0.2) is 0 Å². The third-order valence-corrected chi connectivity index (χ3v) is 2.66. The summed E-state index contributed by atoms with van der Waals surface area (Å²) in [5, 5.41) is 0. The average Bonchev–Trinajstić information content (AvgIpc) is 2.60. The zero-order chi connectivity index (χ0) is 10.4. The molecule has 14 heavy (non-hydrogen) atoms. The Morgan fingerprint density at radius 3 is 3.00 bits per heavy atom. The molecule has 1 heterocycles. The fourth-order valence-electron chi connectivity index (χ4n) is 1.28. The number of ether oxygens (including phenoxy) is 1. The molecule has 0 fully saturated rings. The topological polar surface area (TPSA) is 60.4 Å². The van der Waals surface area contributed by atoms with Gasteiger partial charge < -0.3 is 9.15 Å². The van der Waals surface area contributed by atoms with E-state index < -0.39 is 0 Å². The van der Waals surface area contributed by atoms with Gasteiger partial charge in [0.25, 0.3) is 0 Å². The van der Waals surface area contributed by atoms with Crippen molar-refractivity contribution in [2.24, 2.45) is 5.84 Å². The monoisotopic (exact) mass is 262 g/mol. The standard InChI is InChI=1S/C9H15BrN2O2/c1-13-5-2-3-8(12-11)9-7(10)4-6-14-9/h4,6,8,12H,2-3,5,11H2,1H3. The molecule has 0 aromatic carbocycles. The number of methoxy groups -OCH3 is 1. The van der Waals surface area contributed by atoms with E-state index in [1.54, 1.807) is 13.4 Å². The van der Waals surface area contributed by atoms with Crippen LogP contribution in [-0.4, -0.2) is 13.7 Å². The van der Waals surface area contributed by atoms with E-state index in [9.17, 15) is 0 Å². The third kappa shape index (κ3) is 3.09. The van der Waals surface area contributed by atoms with Gasteiger partial charge in [0.1, 0.15) is 5.76 Å². The average molecular weight is 263 g/mol. The van der Waals surface area contributed by atoms with Crippen molar-refractivity contribution in [2.45, 2.75) is 18.9 Å². The molecule has 1 rings (SSSR count). The fraction of sp³-hybridized carbons (Fsp3) is 0.556. The fourth-order valence-corrected chi connectivity index (χ4v) is 1.75. The van der Waals surface area contributed by atoms with Gasteiger partial charge in [-0.2, -0.15) is 0 Å². The molecule has 1 atom stereocenters. The number of rotatable bonds is 6. The van der Waals surface area contributed by atoms with Crippen LogP contribution in [0.5, 0.6) is 0 Å². The molecule has 0 aliphatic carbocycles. The molecular formula is C9H15BrN2O2. The Hall–Kier alpha value is -0.360. The Morgan fingerprint density at radius 2 is 2.50 bits per heavy atom. The molecule has 3 N–H and O–H groups in total. The van der Waals surface area contributed by atoms with Crippen molar-refractivity contribution in [1.29, 1.82) is 0 Å². The lowest BCUT2D eigenvalue weighted by Gasteiger charge is -2.13. The van der Waals surface area contributed by atoms with Crippen LogP contribution in [0.1, 0.15) is 24.6 Å². The molecule has 1 aromatic heterocycles. The normalized spacial score (nSPS) is 13.1. The van der Waals surface area contributed by atoms with Crippen molar-refractivity contribution in [3.05, 3.63) is 22.6 Å². The largest absolute Gasteiger partial charge is 0.466 e. The summed E-state index contributed by atoms with van der Waals surface area (Å²) < 4.78 is 11.2. The first-order valence-corrected chi connectivity index (χ1v) is 5.27. The zero-order valence-electron chi connectivity index (χ0n) is 8.13. The Labute approximate surface area is 91.9 Å². The molecule has 1 aromatic rings. The van der Waals surface area contributed by atoms with Crippen LogP contribution in [-0.2, 0) is 4.74 Å². The molecule has 1 unspecified atom stereocenters. The van der Waals surface area contributed by atoms with E-state index in [-0.39, 0.29) is 6.04 Å². The minimum absolute atomic E-state index is 0.0366. The van der Waals surface area contributed by atoms with Gasteiger partial charge in [-0.3, -0.25) is 5.84 Å². The summed E-state index contributed by atoms with van der Waals surface area (Å²) in [5.74, 6) is 6.28. The van der Waals surface area contributed by atoms with Crippen LogP contribution in [0.15, 0.2) is 21.2 Å². The van der Waals surface area contributed by atoms with Crippen LogP contribution in [0, 0.1) is 0 Å². The summed E-state index contributed by atoms with van der Waals surface area (Å²) >= 11 is 3.40. The highest BCUT2D eigenvalue weighted by Crippen LogP contribution is 2.26. The Bertz CT molecular complexity index is 265. The number of nitrogens with two attached hydrogens (primary N) is 1. The van der Waals surface area contributed by atoms with Gasteiger partial charge >= 0.3 is 0 Å². The van der Waals surface area contributed by atoms with Gasteiger partial charge in [-0.1, -0.05) is 0 Å². The molecule has 80 valence electrons. The summed E-state index contributed by atoms with van der Waals surface area (Å²) in [6.45, 7) is 0.733. The third-order valence-electron chi connectivity index (χ3n) is 2.00. The number of hydrogen-bond donors (Lipinski definition) is 2. The van der Waals surface area contributed by atoms with E-state index >= 15 is 0 Å². The molecule has 0 radical (unpaired) electrons. The van der Waals surface area contributed by atoms with Gasteiger partial charge in [0.05, 0.1) is 16.8 Å². The minimum Gasteiger partial charge on any atom is -0.466 e. The van der Waals surface area contributed by atoms with Crippen molar-refractivity contribution in [3.8, 4) is 0 Å². The maximum atomic E-state index is 5.44. The van der Waals surface area contributed by atoms with E-state index in [4.69, 9.17) is 15.0 Å². The number of nitrogens with one attached hydrogen (secondary N) is 1. The van der Waals surface area contributed by atoms with E-state index in [1.807, 2.05) is 6.07 Å². The molecule has 0 aliphatic rings. The highest BCUT2D eigenvalue weighted by Gasteiger charge is 2.15.